The lowest BCUT2D eigenvalue weighted by Gasteiger charge is -2.22. The highest BCUT2D eigenvalue weighted by molar-refractivity contribution is 7.17. The zero-order valence-corrected chi connectivity index (χ0v) is 18.7. The second kappa shape index (κ2) is 6.69. The average Bonchev–Trinajstić information content (AvgIpc) is 3.30. The summed E-state index contributed by atoms with van der Waals surface area (Å²) in [5, 5.41) is 7.47. The number of carbonyl (C=O) groups excluding carboxylic acids is 1. The van der Waals surface area contributed by atoms with Gasteiger partial charge in [-0.2, -0.15) is 5.10 Å². The first kappa shape index (κ1) is 19.6. The van der Waals surface area contributed by atoms with Crippen LogP contribution in [0.3, 0.4) is 0 Å². The first-order valence-electron chi connectivity index (χ1n) is 9.75. The third-order valence-electron chi connectivity index (χ3n) is 5.15. The summed E-state index contributed by atoms with van der Waals surface area (Å²) in [4.78, 5) is 18.6. The molecule has 0 radical (unpaired) electrons. The lowest BCUT2D eigenvalue weighted by Crippen LogP contribution is -2.27. The van der Waals surface area contributed by atoms with Crippen LogP contribution in [0.1, 0.15) is 57.2 Å². The number of thiophene rings is 1. The molecule has 0 bridgehead atoms. The molecule has 0 saturated heterocycles. The van der Waals surface area contributed by atoms with Crippen molar-refractivity contribution in [2.45, 2.75) is 60.0 Å². The van der Waals surface area contributed by atoms with E-state index in [1.165, 1.54) is 0 Å². The fourth-order valence-corrected chi connectivity index (χ4v) is 4.71. The second-order valence-electron chi connectivity index (χ2n) is 8.69. The Morgan fingerprint density at radius 3 is 2.59 bits per heavy atom. The smallest absolute Gasteiger partial charge is 0.420 e. The van der Waals surface area contributed by atoms with E-state index in [2.05, 4.69) is 36.9 Å². The van der Waals surface area contributed by atoms with Crippen molar-refractivity contribution in [1.82, 2.24) is 19.2 Å². The molecule has 0 aliphatic rings. The number of rotatable bonds is 2. The van der Waals surface area contributed by atoms with Gasteiger partial charge in [0, 0.05) is 17.1 Å². The van der Waals surface area contributed by atoms with Crippen LogP contribution in [0, 0.1) is 13.8 Å². The maximum Gasteiger partial charge on any atom is 0.420 e. The first-order valence-corrected chi connectivity index (χ1v) is 10.6. The van der Waals surface area contributed by atoms with E-state index in [4.69, 9.17) is 4.74 Å². The van der Waals surface area contributed by atoms with Crippen molar-refractivity contribution in [3.63, 3.8) is 0 Å². The molecule has 0 saturated carbocycles. The Bertz CT molecular complexity index is 1240. The number of fused-ring (bicyclic) bond motifs is 2. The SMILES string of the molecule is Cc1c(-c2c(C(C)C)c3ccsc3n2C(=O)OC(C)(C)C)cn2ncnc2c1C. The van der Waals surface area contributed by atoms with E-state index in [0.29, 0.717) is 0 Å². The van der Waals surface area contributed by atoms with E-state index in [9.17, 15) is 4.79 Å². The molecule has 7 heteroatoms. The van der Waals surface area contributed by atoms with Crippen LogP contribution >= 0.6 is 11.3 Å². The standard InChI is InChI=1S/C22H26N4O2S/c1-12(2)17-15-8-9-29-20(15)26(21(27)28-22(5,6)7)18(17)16-10-25-19(23-11-24-25)14(4)13(16)3/h8-12H,1-7H3. The van der Waals surface area contributed by atoms with Crippen LogP contribution in [0.25, 0.3) is 27.1 Å². The zero-order chi connectivity index (χ0) is 21.1. The number of hydrogen-bond acceptors (Lipinski definition) is 5. The molecule has 0 N–H and O–H groups in total. The summed E-state index contributed by atoms with van der Waals surface area (Å²) in [7, 11) is 0. The highest BCUT2D eigenvalue weighted by Gasteiger charge is 2.29. The van der Waals surface area contributed by atoms with Gasteiger partial charge < -0.3 is 4.74 Å². The minimum atomic E-state index is -0.582. The van der Waals surface area contributed by atoms with Crippen molar-refractivity contribution in [3.05, 3.63) is 40.7 Å². The van der Waals surface area contributed by atoms with Crippen LogP contribution < -0.4 is 0 Å². The molecule has 6 nitrogen and oxygen atoms in total. The second-order valence-corrected chi connectivity index (χ2v) is 9.59. The molecule has 4 aromatic rings. The molecule has 0 fully saturated rings. The maximum atomic E-state index is 13.3. The minimum absolute atomic E-state index is 0.233. The molecule has 0 aromatic carbocycles. The molecule has 0 amide bonds. The van der Waals surface area contributed by atoms with E-state index in [0.717, 1.165) is 43.8 Å². The Labute approximate surface area is 174 Å². The molecule has 152 valence electrons. The van der Waals surface area contributed by atoms with Gasteiger partial charge in [-0.15, -0.1) is 11.3 Å². The number of ether oxygens (including phenoxy) is 1. The molecule has 4 aromatic heterocycles. The van der Waals surface area contributed by atoms with Gasteiger partial charge in [-0.25, -0.2) is 18.9 Å². The first-order chi connectivity index (χ1) is 13.6. The number of aromatic nitrogens is 4. The fraction of sp³-hybridized carbons (Fsp3) is 0.409. The van der Waals surface area contributed by atoms with Crippen LogP contribution in [0.5, 0.6) is 0 Å². The largest absolute Gasteiger partial charge is 0.443 e. The Hall–Kier alpha value is -2.67. The summed E-state index contributed by atoms with van der Waals surface area (Å²) in [6, 6.07) is 2.09. The molecule has 0 atom stereocenters. The third-order valence-corrected chi connectivity index (χ3v) is 6.05. The quantitative estimate of drug-likeness (QED) is 0.410. The Morgan fingerprint density at radius 1 is 1.21 bits per heavy atom. The van der Waals surface area contributed by atoms with Gasteiger partial charge in [0.05, 0.1) is 5.69 Å². The molecule has 4 heterocycles. The maximum absolute atomic E-state index is 13.3. The van der Waals surface area contributed by atoms with Gasteiger partial charge in [-0.05, 0) is 68.7 Å². The summed E-state index contributed by atoms with van der Waals surface area (Å²) >= 11 is 1.56. The summed E-state index contributed by atoms with van der Waals surface area (Å²) in [6.07, 6.45) is 3.17. The number of carbonyl (C=O) groups is 1. The van der Waals surface area contributed by atoms with Gasteiger partial charge in [0.25, 0.3) is 0 Å². The Balaban J connectivity index is 2.10. The van der Waals surface area contributed by atoms with Gasteiger partial charge >= 0.3 is 6.09 Å². The summed E-state index contributed by atoms with van der Waals surface area (Å²) in [5.41, 5.74) is 5.38. The monoisotopic (exact) mass is 410 g/mol. The lowest BCUT2D eigenvalue weighted by molar-refractivity contribution is 0.0547. The highest BCUT2D eigenvalue weighted by Crippen LogP contribution is 2.42. The zero-order valence-electron chi connectivity index (χ0n) is 17.9. The molecule has 0 unspecified atom stereocenters. The average molecular weight is 411 g/mol. The van der Waals surface area contributed by atoms with E-state index < -0.39 is 5.60 Å². The molecule has 4 rings (SSSR count). The molecule has 29 heavy (non-hydrogen) atoms. The molecule has 0 spiro atoms. The lowest BCUT2D eigenvalue weighted by atomic mass is 9.94. The molecule has 0 aliphatic carbocycles. The molecular formula is C22H26N4O2S. The normalized spacial score (nSPS) is 12.4. The van der Waals surface area contributed by atoms with Crippen LogP contribution in [0.15, 0.2) is 24.0 Å². The van der Waals surface area contributed by atoms with Crippen molar-refractivity contribution in [1.29, 1.82) is 0 Å². The number of aryl methyl sites for hydroxylation is 1. The van der Waals surface area contributed by atoms with Crippen molar-refractivity contribution < 1.29 is 9.53 Å². The molecule has 0 aliphatic heterocycles. The minimum Gasteiger partial charge on any atom is -0.443 e. The van der Waals surface area contributed by atoms with E-state index in [1.807, 2.05) is 39.3 Å². The van der Waals surface area contributed by atoms with Crippen molar-refractivity contribution >= 4 is 33.3 Å². The topological polar surface area (TPSA) is 61.4 Å². The van der Waals surface area contributed by atoms with Crippen LogP contribution in [0.4, 0.5) is 4.79 Å². The molecular weight excluding hydrogens is 384 g/mol. The van der Waals surface area contributed by atoms with Crippen molar-refractivity contribution in [2.24, 2.45) is 0 Å². The van der Waals surface area contributed by atoms with Gasteiger partial charge in [-0.1, -0.05) is 13.8 Å². The number of nitrogens with zero attached hydrogens (tertiary/aromatic N) is 4. The summed E-state index contributed by atoms with van der Waals surface area (Å²) < 4.78 is 9.32. The Kier molecular flexibility index (Phi) is 4.53. The Morgan fingerprint density at radius 2 is 1.93 bits per heavy atom. The summed E-state index contributed by atoms with van der Waals surface area (Å²) in [6.45, 7) is 14.1. The van der Waals surface area contributed by atoms with Crippen LogP contribution in [-0.2, 0) is 4.74 Å². The third kappa shape index (κ3) is 3.13. The van der Waals surface area contributed by atoms with E-state index in [1.54, 1.807) is 26.7 Å². The van der Waals surface area contributed by atoms with Crippen molar-refractivity contribution in [2.75, 3.05) is 0 Å². The number of hydrogen-bond donors (Lipinski definition) is 0. The summed E-state index contributed by atoms with van der Waals surface area (Å²) in [5.74, 6) is 0.233. The van der Waals surface area contributed by atoms with Gasteiger partial charge in [0.2, 0.25) is 0 Å². The fourth-order valence-electron chi connectivity index (χ4n) is 3.80. The van der Waals surface area contributed by atoms with E-state index in [-0.39, 0.29) is 12.0 Å². The predicted molar refractivity (Wildman–Crippen MR) is 117 cm³/mol. The van der Waals surface area contributed by atoms with Crippen LogP contribution in [-0.4, -0.2) is 30.9 Å². The van der Waals surface area contributed by atoms with Gasteiger partial charge in [-0.3, -0.25) is 0 Å². The van der Waals surface area contributed by atoms with Crippen molar-refractivity contribution in [3.8, 4) is 11.3 Å². The number of pyridine rings is 1. The predicted octanol–water partition coefficient (Wildman–Crippen LogP) is 5.94. The van der Waals surface area contributed by atoms with Crippen LogP contribution in [0.2, 0.25) is 0 Å². The van der Waals surface area contributed by atoms with Gasteiger partial charge in [0.15, 0.2) is 5.65 Å². The van der Waals surface area contributed by atoms with E-state index >= 15 is 0 Å². The van der Waals surface area contributed by atoms with Gasteiger partial charge in [0.1, 0.15) is 16.8 Å². The highest BCUT2D eigenvalue weighted by atomic mass is 32.1.